The number of carbonyl (C=O) groups is 2. The molecular weight excluding hydrogens is 176 g/mol. The Labute approximate surface area is 76.9 Å². The molecule has 0 aliphatic heterocycles. The van der Waals surface area contributed by atoms with Gasteiger partial charge in [-0.15, -0.1) is 0 Å². The summed E-state index contributed by atoms with van der Waals surface area (Å²) >= 11 is 0.991. The van der Waals surface area contributed by atoms with Crippen LogP contribution in [-0.4, -0.2) is 22.4 Å². The number of rotatable bonds is 3. The van der Waals surface area contributed by atoms with Crippen molar-refractivity contribution in [3.05, 3.63) is 0 Å². The standard InChI is InChI=1S/C8H14O3S/c1-5(2)11-8(10)6(3)12-7(4)9/h5-6H,1-4H3. The SMILES string of the molecule is CC(=O)SC(C)C(=O)OC(C)C. The second-order valence-electron chi connectivity index (χ2n) is 2.74. The normalized spacial score (nSPS) is 12.8. The van der Waals surface area contributed by atoms with Crippen LogP contribution in [0.15, 0.2) is 0 Å². The molecule has 0 fully saturated rings. The summed E-state index contributed by atoms with van der Waals surface area (Å²) in [4.78, 5) is 21.7. The van der Waals surface area contributed by atoms with Gasteiger partial charge in [0.05, 0.1) is 6.10 Å². The van der Waals surface area contributed by atoms with E-state index in [9.17, 15) is 9.59 Å². The summed E-state index contributed by atoms with van der Waals surface area (Å²) in [5.74, 6) is -0.329. The van der Waals surface area contributed by atoms with Gasteiger partial charge >= 0.3 is 5.97 Å². The molecule has 0 amide bonds. The molecule has 0 heterocycles. The minimum Gasteiger partial charge on any atom is -0.462 e. The van der Waals surface area contributed by atoms with Gasteiger partial charge in [0.15, 0.2) is 5.12 Å². The average Bonchev–Trinajstić information content (AvgIpc) is 1.84. The molecule has 70 valence electrons. The predicted octanol–water partition coefficient (Wildman–Crippen LogP) is 1.61. The number of ether oxygens (including phenoxy) is 1. The third kappa shape index (κ3) is 5.18. The maximum absolute atomic E-state index is 11.1. The van der Waals surface area contributed by atoms with E-state index >= 15 is 0 Å². The molecule has 0 rings (SSSR count). The Hall–Kier alpha value is -0.510. The van der Waals surface area contributed by atoms with Gasteiger partial charge in [0.25, 0.3) is 0 Å². The smallest absolute Gasteiger partial charge is 0.319 e. The molecule has 12 heavy (non-hydrogen) atoms. The van der Waals surface area contributed by atoms with E-state index < -0.39 is 5.25 Å². The monoisotopic (exact) mass is 190 g/mol. The van der Waals surface area contributed by atoms with Crippen molar-refractivity contribution in [3.8, 4) is 0 Å². The van der Waals surface area contributed by atoms with Crippen molar-refractivity contribution >= 4 is 22.8 Å². The lowest BCUT2D eigenvalue weighted by Gasteiger charge is -2.11. The fourth-order valence-electron chi connectivity index (χ4n) is 0.625. The molecule has 0 saturated heterocycles. The Morgan fingerprint density at radius 1 is 1.25 bits per heavy atom. The molecule has 0 spiro atoms. The fourth-order valence-corrected chi connectivity index (χ4v) is 1.27. The number of hydrogen-bond donors (Lipinski definition) is 0. The lowest BCUT2D eigenvalue weighted by atomic mass is 10.4. The van der Waals surface area contributed by atoms with E-state index in [2.05, 4.69) is 0 Å². The van der Waals surface area contributed by atoms with Crippen LogP contribution >= 0.6 is 11.8 Å². The van der Waals surface area contributed by atoms with Crippen LogP contribution in [0.2, 0.25) is 0 Å². The Morgan fingerprint density at radius 2 is 1.75 bits per heavy atom. The summed E-state index contributed by atoms with van der Waals surface area (Å²) in [5.41, 5.74) is 0. The van der Waals surface area contributed by atoms with E-state index in [1.807, 2.05) is 0 Å². The Bertz CT molecular complexity index is 177. The van der Waals surface area contributed by atoms with E-state index in [1.165, 1.54) is 6.92 Å². The molecule has 0 bridgehead atoms. The minimum absolute atomic E-state index is 0.0665. The molecular formula is C8H14O3S. The second-order valence-corrected chi connectivity index (χ2v) is 4.26. The van der Waals surface area contributed by atoms with Crippen LogP contribution in [0.25, 0.3) is 0 Å². The van der Waals surface area contributed by atoms with Crippen molar-refractivity contribution < 1.29 is 14.3 Å². The molecule has 4 heteroatoms. The third-order valence-corrected chi connectivity index (χ3v) is 1.90. The zero-order valence-corrected chi connectivity index (χ0v) is 8.60. The Kier molecular flexibility index (Phi) is 4.97. The lowest BCUT2D eigenvalue weighted by molar-refractivity contribution is -0.146. The average molecular weight is 190 g/mol. The fraction of sp³-hybridized carbons (Fsp3) is 0.750. The van der Waals surface area contributed by atoms with Gasteiger partial charge in [-0.1, -0.05) is 11.8 Å². The van der Waals surface area contributed by atoms with Crippen LogP contribution in [0.1, 0.15) is 27.7 Å². The number of hydrogen-bond acceptors (Lipinski definition) is 4. The quantitative estimate of drug-likeness (QED) is 0.634. The summed E-state index contributed by atoms with van der Waals surface area (Å²) in [6, 6.07) is 0. The van der Waals surface area contributed by atoms with Crippen molar-refractivity contribution in [3.63, 3.8) is 0 Å². The molecule has 0 aromatic heterocycles. The third-order valence-electron chi connectivity index (χ3n) is 1.03. The Balaban J connectivity index is 3.85. The highest BCUT2D eigenvalue weighted by atomic mass is 32.2. The van der Waals surface area contributed by atoms with E-state index in [-0.39, 0.29) is 17.2 Å². The van der Waals surface area contributed by atoms with Crippen molar-refractivity contribution in [1.82, 2.24) is 0 Å². The minimum atomic E-state index is -0.398. The first-order valence-electron chi connectivity index (χ1n) is 3.81. The molecule has 3 nitrogen and oxygen atoms in total. The summed E-state index contributed by atoms with van der Waals surface area (Å²) in [6.45, 7) is 6.66. The first-order chi connectivity index (χ1) is 5.43. The topological polar surface area (TPSA) is 43.4 Å². The first-order valence-corrected chi connectivity index (χ1v) is 4.69. The first kappa shape index (κ1) is 11.5. The van der Waals surface area contributed by atoms with Crippen LogP contribution in [0.3, 0.4) is 0 Å². The van der Waals surface area contributed by atoms with Crippen LogP contribution in [0, 0.1) is 0 Å². The summed E-state index contributed by atoms with van der Waals surface area (Å²) in [6.07, 6.45) is -0.118. The molecule has 0 N–H and O–H groups in total. The van der Waals surface area contributed by atoms with E-state index in [0.717, 1.165) is 11.8 Å². The second kappa shape index (κ2) is 5.19. The van der Waals surface area contributed by atoms with E-state index in [1.54, 1.807) is 20.8 Å². The van der Waals surface area contributed by atoms with Crippen LogP contribution in [0.5, 0.6) is 0 Å². The zero-order valence-electron chi connectivity index (χ0n) is 7.79. The largest absolute Gasteiger partial charge is 0.462 e. The Morgan fingerprint density at radius 3 is 2.08 bits per heavy atom. The molecule has 0 aromatic carbocycles. The van der Waals surface area contributed by atoms with Gasteiger partial charge in [-0.3, -0.25) is 9.59 Å². The molecule has 0 aromatic rings. The molecule has 0 saturated carbocycles. The lowest BCUT2D eigenvalue weighted by Crippen LogP contribution is -2.21. The van der Waals surface area contributed by atoms with Crippen molar-refractivity contribution in [2.45, 2.75) is 39.0 Å². The van der Waals surface area contributed by atoms with Gasteiger partial charge in [-0.2, -0.15) is 0 Å². The molecule has 0 radical (unpaired) electrons. The predicted molar refractivity (Wildman–Crippen MR) is 49.0 cm³/mol. The number of thioether (sulfide) groups is 1. The van der Waals surface area contributed by atoms with Crippen molar-refractivity contribution in [2.24, 2.45) is 0 Å². The zero-order chi connectivity index (χ0) is 9.72. The maximum atomic E-state index is 11.1. The van der Waals surface area contributed by atoms with E-state index in [4.69, 9.17) is 4.74 Å². The maximum Gasteiger partial charge on any atom is 0.319 e. The van der Waals surface area contributed by atoms with Crippen LogP contribution in [0.4, 0.5) is 0 Å². The van der Waals surface area contributed by atoms with Gasteiger partial charge in [-0.05, 0) is 20.8 Å². The van der Waals surface area contributed by atoms with Crippen molar-refractivity contribution in [1.29, 1.82) is 0 Å². The number of esters is 1. The van der Waals surface area contributed by atoms with Gasteiger partial charge in [0.2, 0.25) is 0 Å². The van der Waals surface area contributed by atoms with E-state index in [0.29, 0.717) is 0 Å². The highest BCUT2D eigenvalue weighted by Crippen LogP contribution is 2.13. The summed E-state index contributed by atoms with van der Waals surface area (Å²) in [5, 5.41) is -0.465. The van der Waals surface area contributed by atoms with Gasteiger partial charge in [-0.25, -0.2) is 0 Å². The van der Waals surface area contributed by atoms with Gasteiger partial charge in [0, 0.05) is 6.92 Å². The highest BCUT2D eigenvalue weighted by Gasteiger charge is 2.17. The summed E-state index contributed by atoms with van der Waals surface area (Å²) < 4.78 is 4.90. The summed E-state index contributed by atoms with van der Waals surface area (Å²) in [7, 11) is 0. The van der Waals surface area contributed by atoms with Crippen LogP contribution in [-0.2, 0) is 14.3 Å². The molecule has 0 aliphatic carbocycles. The van der Waals surface area contributed by atoms with Gasteiger partial charge < -0.3 is 4.74 Å². The van der Waals surface area contributed by atoms with Crippen LogP contribution < -0.4 is 0 Å². The van der Waals surface area contributed by atoms with Crippen molar-refractivity contribution in [2.75, 3.05) is 0 Å². The highest BCUT2D eigenvalue weighted by molar-refractivity contribution is 8.14. The number of carbonyl (C=O) groups excluding carboxylic acids is 2. The molecule has 1 atom stereocenters. The molecule has 1 unspecified atom stereocenters. The van der Waals surface area contributed by atoms with Gasteiger partial charge in [0.1, 0.15) is 5.25 Å². The molecule has 0 aliphatic rings.